The number of para-hydroxylation sites is 1. The van der Waals surface area contributed by atoms with Crippen LogP contribution in [0.4, 0.5) is 10.1 Å². The number of nitrogens with one attached hydrogen (secondary N) is 1. The van der Waals surface area contributed by atoms with Gasteiger partial charge in [-0.1, -0.05) is 55.7 Å². The number of anilines is 1. The standard InChI is InChI=1S/C31H36FN3O5S/c1-23(31(37)33-25-12-5-3-6-13-25)34(21-24-11-9-10-16-29(24)32)30(36)22-35(41(2,38)39)26-17-19-28(20-18-26)40-27-14-7-4-8-15-27/h4,7-11,14-20,23,25H,3,5-6,12-13,21-22H2,1-2H3,(H,33,37)/t23-/m0/s1. The highest BCUT2D eigenvalue weighted by molar-refractivity contribution is 7.92. The Balaban J connectivity index is 1.55. The van der Waals surface area contributed by atoms with E-state index in [1.165, 1.54) is 11.0 Å². The molecule has 1 fully saturated rings. The number of sulfonamides is 1. The Morgan fingerprint density at radius 2 is 1.54 bits per heavy atom. The lowest BCUT2D eigenvalue weighted by Gasteiger charge is -2.33. The van der Waals surface area contributed by atoms with Crippen LogP contribution in [0.2, 0.25) is 0 Å². The molecular formula is C31H36FN3O5S. The molecule has 3 aromatic rings. The van der Waals surface area contributed by atoms with E-state index in [9.17, 15) is 22.4 Å². The quantitative estimate of drug-likeness (QED) is 0.334. The van der Waals surface area contributed by atoms with E-state index < -0.39 is 34.3 Å². The minimum absolute atomic E-state index is 0.0215. The van der Waals surface area contributed by atoms with E-state index in [-0.39, 0.29) is 29.7 Å². The monoisotopic (exact) mass is 581 g/mol. The van der Waals surface area contributed by atoms with Gasteiger partial charge in [-0.3, -0.25) is 13.9 Å². The summed E-state index contributed by atoms with van der Waals surface area (Å²) in [6.45, 7) is 0.830. The summed E-state index contributed by atoms with van der Waals surface area (Å²) in [5.41, 5.74) is 0.484. The third-order valence-electron chi connectivity index (χ3n) is 7.20. The Morgan fingerprint density at radius 1 is 0.927 bits per heavy atom. The number of hydrogen-bond donors (Lipinski definition) is 1. The van der Waals surface area contributed by atoms with Crippen LogP contribution in [0.25, 0.3) is 0 Å². The molecule has 0 spiro atoms. The number of carbonyl (C=O) groups excluding carboxylic acids is 2. The number of carbonyl (C=O) groups is 2. The van der Waals surface area contributed by atoms with Crippen molar-refractivity contribution in [3.63, 3.8) is 0 Å². The van der Waals surface area contributed by atoms with Gasteiger partial charge < -0.3 is 15.0 Å². The Bertz CT molecular complexity index is 1430. The van der Waals surface area contributed by atoms with Gasteiger partial charge >= 0.3 is 0 Å². The first-order valence-corrected chi connectivity index (χ1v) is 15.6. The van der Waals surface area contributed by atoms with E-state index in [0.29, 0.717) is 11.5 Å². The fraction of sp³-hybridized carbons (Fsp3) is 0.355. The SMILES string of the molecule is C[C@@H](C(=O)NC1CCCCC1)N(Cc1ccccc1F)C(=O)CN(c1ccc(Oc2ccccc2)cc1)S(C)(=O)=O. The number of benzene rings is 3. The number of ether oxygens (including phenoxy) is 1. The zero-order valence-electron chi connectivity index (χ0n) is 23.3. The van der Waals surface area contributed by atoms with Crippen LogP contribution < -0.4 is 14.4 Å². The fourth-order valence-electron chi connectivity index (χ4n) is 4.88. The molecular weight excluding hydrogens is 545 g/mol. The van der Waals surface area contributed by atoms with Gasteiger partial charge in [0, 0.05) is 18.2 Å². The van der Waals surface area contributed by atoms with E-state index >= 15 is 0 Å². The third kappa shape index (κ3) is 8.29. The molecule has 0 aliphatic heterocycles. The molecule has 0 radical (unpaired) electrons. The molecule has 0 bridgehead atoms. The zero-order chi connectivity index (χ0) is 29.4. The number of halogens is 1. The molecule has 4 rings (SSSR count). The Hall–Kier alpha value is -3.92. The zero-order valence-corrected chi connectivity index (χ0v) is 24.1. The summed E-state index contributed by atoms with van der Waals surface area (Å²) in [7, 11) is -3.90. The third-order valence-corrected chi connectivity index (χ3v) is 8.34. The molecule has 1 saturated carbocycles. The van der Waals surface area contributed by atoms with Crippen molar-refractivity contribution < 1.29 is 27.1 Å². The summed E-state index contributed by atoms with van der Waals surface area (Å²) in [6.07, 6.45) is 5.91. The van der Waals surface area contributed by atoms with E-state index in [0.717, 1.165) is 42.7 Å². The number of rotatable bonds is 11. The van der Waals surface area contributed by atoms with Gasteiger partial charge in [-0.25, -0.2) is 12.8 Å². The Kier molecular flexibility index (Phi) is 9.99. The van der Waals surface area contributed by atoms with Crippen LogP contribution in [0.1, 0.15) is 44.6 Å². The highest BCUT2D eigenvalue weighted by Crippen LogP contribution is 2.26. The van der Waals surface area contributed by atoms with Crippen molar-refractivity contribution in [2.24, 2.45) is 0 Å². The summed E-state index contributed by atoms with van der Waals surface area (Å²) in [4.78, 5) is 28.2. The van der Waals surface area contributed by atoms with Gasteiger partial charge in [0.2, 0.25) is 21.8 Å². The normalized spacial score (nSPS) is 14.6. The summed E-state index contributed by atoms with van der Waals surface area (Å²) >= 11 is 0. The first-order chi connectivity index (χ1) is 19.6. The van der Waals surface area contributed by atoms with Crippen LogP contribution in [-0.4, -0.2) is 50.0 Å². The summed E-state index contributed by atoms with van der Waals surface area (Å²) in [5.74, 6) is -0.378. The molecule has 1 aliphatic rings. The van der Waals surface area contributed by atoms with E-state index in [1.807, 2.05) is 18.2 Å². The van der Waals surface area contributed by atoms with E-state index in [4.69, 9.17) is 4.74 Å². The van der Waals surface area contributed by atoms with Gasteiger partial charge in [-0.05, 0) is 62.2 Å². The van der Waals surface area contributed by atoms with Crippen molar-refractivity contribution in [3.05, 3.63) is 90.2 Å². The lowest BCUT2D eigenvalue weighted by Crippen LogP contribution is -2.53. The molecule has 8 nitrogen and oxygen atoms in total. The van der Waals surface area contributed by atoms with Gasteiger partial charge in [-0.15, -0.1) is 0 Å². The number of amides is 2. The molecule has 1 aliphatic carbocycles. The average molecular weight is 582 g/mol. The molecule has 0 aromatic heterocycles. The fourth-order valence-corrected chi connectivity index (χ4v) is 5.73. The largest absolute Gasteiger partial charge is 0.457 e. The molecule has 1 atom stereocenters. The van der Waals surface area contributed by atoms with Gasteiger partial charge in [0.05, 0.1) is 11.9 Å². The summed E-state index contributed by atoms with van der Waals surface area (Å²) in [6, 6.07) is 20.5. The predicted molar refractivity (Wildman–Crippen MR) is 157 cm³/mol. The minimum Gasteiger partial charge on any atom is -0.457 e. The molecule has 0 unspecified atom stereocenters. The Labute approximate surface area is 241 Å². The van der Waals surface area contributed by atoms with Crippen molar-refractivity contribution in [2.45, 2.75) is 57.7 Å². The van der Waals surface area contributed by atoms with Gasteiger partial charge in [0.15, 0.2) is 0 Å². The molecule has 2 amide bonds. The molecule has 0 heterocycles. The van der Waals surface area contributed by atoms with Gasteiger partial charge in [-0.2, -0.15) is 0 Å². The van der Waals surface area contributed by atoms with Crippen LogP contribution in [0.3, 0.4) is 0 Å². The molecule has 0 saturated heterocycles. The van der Waals surface area contributed by atoms with Crippen LogP contribution in [0, 0.1) is 5.82 Å². The second kappa shape index (κ2) is 13.6. The molecule has 3 aromatic carbocycles. The topological polar surface area (TPSA) is 96.0 Å². The highest BCUT2D eigenvalue weighted by Gasteiger charge is 2.31. The maximum atomic E-state index is 14.6. The molecule has 218 valence electrons. The van der Waals surface area contributed by atoms with E-state index in [2.05, 4.69) is 5.32 Å². The Morgan fingerprint density at radius 3 is 2.17 bits per heavy atom. The summed E-state index contributed by atoms with van der Waals surface area (Å²) < 4.78 is 47.0. The lowest BCUT2D eigenvalue weighted by molar-refractivity contribution is -0.139. The lowest BCUT2D eigenvalue weighted by atomic mass is 9.95. The van der Waals surface area contributed by atoms with Crippen molar-refractivity contribution >= 4 is 27.5 Å². The van der Waals surface area contributed by atoms with E-state index in [1.54, 1.807) is 61.5 Å². The van der Waals surface area contributed by atoms with Crippen LogP contribution >= 0.6 is 0 Å². The van der Waals surface area contributed by atoms with Crippen molar-refractivity contribution in [2.75, 3.05) is 17.1 Å². The minimum atomic E-state index is -3.90. The maximum absolute atomic E-state index is 14.6. The molecule has 1 N–H and O–H groups in total. The second-order valence-electron chi connectivity index (χ2n) is 10.3. The predicted octanol–water partition coefficient (Wildman–Crippen LogP) is 5.25. The van der Waals surface area contributed by atoms with Gasteiger partial charge in [0.25, 0.3) is 0 Å². The average Bonchev–Trinajstić information content (AvgIpc) is 2.96. The first kappa shape index (κ1) is 30.0. The summed E-state index contributed by atoms with van der Waals surface area (Å²) in [5, 5.41) is 3.02. The van der Waals surface area contributed by atoms with Gasteiger partial charge in [0.1, 0.15) is 29.9 Å². The van der Waals surface area contributed by atoms with Crippen LogP contribution in [0.5, 0.6) is 11.5 Å². The van der Waals surface area contributed by atoms with Crippen molar-refractivity contribution in [1.82, 2.24) is 10.2 Å². The number of nitrogens with zero attached hydrogens (tertiary/aromatic N) is 2. The maximum Gasteiger partial charge on any atom is 0.244 e. The molecule has 41 heavy (non-hydrogen) atoms. The highest BCUT2D eigenvalue weighted by atomic mass is 32.2. The van der Waals surface area contributed by atoms with Crippen LogP contribution in [0.15, 0.2) is 78.9 Å². The smallest absolute Gasteiger partial charge is 0.244 e. The van der Waals surface area contributed by atoms with Crippen molar-refractivity contribution in [1.29, 1.82) is 0 Å². The molecule has 10 heteroatoms. The number of hydrogen-bond acceptors (Lipinski definition) is 5. The second-order valence-corrected chi connectivity index (χ2v) is 12.2. The van der Waals surface area contributed by atoms with Crippen molar-refractivity contribution in [3.8, 4) is 11.5 Å². The first-order valence-electron chi connectivity index (χ1n) is 13.8. The van der Waals surface area contributed by atoms with Crippen LogP contribution in [-0.2, 0) is 26.2 Å².